The van der Waals surface area contributed by atoms with Gasteiger partial charge in [-0.15, -0.1) is 0 Å². The van der Waals surface area contributed by atoms with Gasteiger partial charge in [-0.1, -0.05) is 30.3 Å². The lowest BCUT2D eigenvalue weighted by Crippen LogP contribution is -2.42. The molecule has 0 unspecified atom stereocenters. The molecule has 8 heteroatoms. The molecule has 3 rings (SSSR count). The van der Waals surface area contributed by atoms with E-state index in [1.807, 2.05) is 6.07 Å². The summed E-state index contributed by atoms with van der Waals surface area (Å²) in [4.78, 5) is 51.5. The Balaban J connectivity index is 1.57. The highest BCUT2D eigenvalue weighted by Crippen LogP contribution is 2.28. The van der Waals surface area contributed by atoms with Gasteiger partial charge in [0, 0.05) is 13.1 Å². The van der Waals surface area contributed by atoms with E-state index in [2.05, 4.69) is 5.32 Å². The number of hydrogen-bond acceptors (Lipinski definition) is 5. The quantitative estimate of drug-likeness (QED) is 0.614. The first-order valence-electron chi connectivity index (χ1n) is 9.05. The van der Waals surface area contributed by atoms with Crippen LogP contribution in [0.15, 0.2) is 30.3 Å². The molecule has 2 saturated heterocycles. The van der Waals surface area contributed by atoms with Crippen molar-refractivity contribution in [3.63, 3.8) is 0 Å². The predicted octanol–water partition coefficient (Wildman–Crippen LogP) is 1.01. The second-order valence-electron chi connectivity index (χ2n) is 6.91. The van der Waals surface area contributed by atoms with Crippen LogP contribution < -0.4 is 5.32 Å². The van der Waals surface area contributed by atoms with Gasteiger partial charge in [0.15, 0.2) is 6.61 Å². The summed E-state index contributed by atoms with van der Waals surface area (Å²) in [5, 5.41) is 2.62. The van der Waals surface area contributed by atoms with Crippen LogP contribution in [0, 0.1) is 0 Å². The first-order valence-corrected chi connectivity index (χ1v) is 9.05. The number of benzene rings is 1. The molecule has 0 aromatic heterocycles. The summed E-state index contributed by atoms with van der Waals surface area (Å²) in [6.07, 6.45) is 2.98. The van der Waals surface area contributed by atoms with Crippen molar-refractivity contribution in [2.45, 2.75) is 31.7 Å². The predicted molar refractivity (Wildman–Crippen MR) is 95.4 cm³/mol. The third-order valence-corrected chi connectivity index (χ3v) is 4.98. The number of amides is 4. The second kappa shape index (κ2) is 7.77. The minimum absolute atomic E-state index is 0.255. The van der Waals surface area contributed by atoms with Gasteiger partial charge >= 0.3 is 12.0 Å². The average molecular weight is 373 g/mol. The lowest BCUT2D eigenvalue weighted by atomic mass is 9.92. The van der Waals surface area contributed by atoms with E-state index in [0.29, 0.717) is 18.7 Å². The highest BCUT2D eigenvalue weighted by Gasteiger charge is 2.49. The molecule has 144 valence electrons. The van der Waals surface area contributed by atoms with Gasteiger partial charge in [-0.2, -0.15) is 0 Å². The number of carbonyl (C=O) groups excluding carboxylic acids is 4. The lowest BCUT2D eigenvalue weighted by Gasteiger charge is -2.26. The van der Waals surface area contributed by atoms with E-state index < -0.39 is 30.0 Å². The van der Waals surface area contributed by atoms with Crippen LogP contribution in [0.1, 0.15) is 31.7 Å². The Kier molecular flexibility index (Phi) is 5.43. The molecule has 2 aliphatic rings. The summed E-state index contributed by atoms with van der Waals surface area (Å²) in [6, 6.07) is 8.15. The molecular formula is C19H23N3O5. The number of hydrogen-bond donors (Lipinski definition) is 1. The molecule has 0 bridgehead atoms. The fraction of sp³-hybridized carbons (Fsp3) is 0.474. The van der Waals surface area contributed by atoms with Gasteiger partial charge in [-0.3, -0.25) is 19.3 Å². The van der Waals surface area contributed by atoms with E-state index in [1.165, 1.54) is 0 Å². The zero-order chi connectivity index (χ0) is 19.4. The molecule has 2 heterocycles. The summed E-state index contributed by atoms with van der Waals surface area (Å²) >= 11 is 0. The molecule has 1 aromatic rings. The molecule has 1 N–H and O–H groups in total. The van der Waals surface area contributed by atoms with Crippen molar-refractivity contribution < 1.29 is 23.9 Å². The molecule has 2 fully saturated rings. The van der Waals surface area contributed by atoms with Gasteiger partial charge < -0.3 is 15.0 Å². The highest BCUT2D eigenvalue weighted by atomic mass is 16.5. The molecule has 1 atom stereocenters. The molecule has 27 heavy (non-hydrogen) atoms. The van der Waals surface area contributed by atoms with Crippen molar-refractivity contribution in [1.29, 1.82) is 0 Å². The van der Waals surface area contributed by atoms with E-state index in [1.54, 1.807) is 36.1 Å². The van der Waals surface area contributed by atoms with Crippen LogP contribution in [-0.4, -0.2) is 59.9 Å². The molecule has 0 aliphatic carbocycles. The number of imide groups is 1. The number of carbonyl (C=O) groups is 4. The second-order valence-corrected chi connectivity index (χ2v) is 6.91. The lowest BCUT2D eigenvalue weighted by molar-refractivity contribution is -0.154. The minimum Gasteiger partial charge on any atom is -0.454 e. The molecule has 8 nitrogen and oxygen atoms in total. The van der Waals surface area contributed by atoms with Crippen molar-refractivity contribution in [2.75, 3.05) is 26.2 Å². The monoisotopic (exact) mass is 373 g/mol. The van der Waals surface area contributed by atoms with Crippen LogP contribution in [0.2, 0.25) is 0 Å². The summed E-state index contributed by atoms with van der Waals surface area (Å²) in [6.45, 7) is 2.02. The van der Waals surface area contributed by atoms with Crippen LogP contribution in [0.25, 0.3) is 0 Å². The van der Waals surface area contributed by atoms with Gasteiger partial charge in [0.25, 0.3) is 11.8 Å². The molecule has 0 spiro atoms. The molecule has 1 aromatic carbocycles. The number of esters is 1. The maximum absolute atomic E-state index is 12.7. The van der Waals surface area contributed by atoms with Crippen molar-refractivity contribution in [3.8, 4) is 0 Å². The summed E-state index contributed by atoms with van der Waals surface area (Å²) in [5.41, 5.74) is -0.609. The Bertz CT molecular complexity index is 745. The van der Waals surface area contributed by atoms with Crippen LogP contribution >= 0.6 is 0 Å². The Labute approximate surface area is 157 Å². The molecule has 0 radical (unpaired) electrons. The summed E-state index contributed by atoms with van der Waals surface area (Å²) in [5.74, 6) is -1.58. The number of likely N-dealkylation sites (tertiary alicyclic amines) is 1. The first-order chi connectivity index (χ1) is 12.9. The number of rotatable bonds is 5. The standard InChI is InChI=1S/C19H23N3O5/c1-19(14-8-4-2-5-9-14)17(25)22(18(26)20-19)12-16(24)27-13-15(23)21-10-6-3-7-11-21/h2,4-5,8-9H,3,6-7,10-13H2,1H3,(H,20,26)/t19-/m0/s1. The Hall–Kier alpha value is -2.90. The number of piperidine rings is 1. The topological polar surface area (TPSA) is 96.0 Å². The zero-order valence-corrected chi connectivity index (χ0v) is 15.3. The largest absolute Gasteiger partial charge is 0.454 e. The summed E-state index contributed by atoms with van der Waals surface area (Å²) in [7, 11) is 0. The van der Waals surface area contributed by atoms with Gasteiger partial charge in [-0.05, 0) is 31.7 Å². The SMILES string of the molecule is C[C@@]1(c2ccccc2)NC(=O)N(CC(=O)OCC(=O)N2CCCCC2)C1=O. The minimum atomic E-state index is -1.23. The van der Waals surface area contributed by atoms with Crippen LogP contribution in [-0.2, 0) is 24.7 Å². The van der Waals surface area contributed by atoms with Gasteiger partial charge in [0.2, 0.25) is 0 Å². The van der Waals surface area contributed by atoms with Crippen molar-refractivity contribution in [1.82, 2.24) is 15.1 Å². The molecule has 0 saturated carbocycles. The van der Waals surface area contributed by atoms with Crippen LogP contribution in [0.5, 0.6) is 0 Å². The average Bonchev–Trinajstić information content (AvgIpc) is 2.91. The smallest absolute Gasteiger partial charge is 0.326 e. The van der Waals surface area contributed by atoms with E-state index >= 15 is 0 Å². The van der Waals surface area contributed by atoms with Crippen molar-refractivity contribution in [3.05, 3.63) is 35.9 Å². The van der Waals surface area contributed by atoms with E-state index in [0.717, 1.165) is 24.2 Å². The Morgan fingerprint density at radius 1 is 1.11 bits per heavy atom. The first kappa shape index (κ1) is 18.9. The highest BCUT2D eigenvalue weighted by molar-refractivity contribution is 6.08. The molecule has 2 aliphatic heterocycles. The number of urea groups is 1. The van der Waals surface area contributed by atoms with Gasteiger partial charge in [0.1, 0.15) is 12.1 Å². The molecule has 4 amide bonds. The third-order valence-electron chi connectivity index (χ3n) is 4.98. The van der Waals surface area contributed by atoms with E-state index in [4.69, 9.17) is 4.74 Å². The maximum Gasteiger partial charge on any atom is 0.326 e. The fourth-order valence-electron chi connectivity index (χ4n) is 3.36. The number of ether oxygens (including phenoxy) is 1. The summed E-state index contributed by atoms with van der Waals surface area (Å²) < 4.78 is 4.99. The number of nitrogens with one attached hydrogen (secondary N) is 1. The zero-order valence-electron chi connectivity index (χ0n) is 15.3. The Morgan fingerprint density at radius 2 is 1.78 bits per heavy atom. The van der Waals surface area contributed by atoms with Crippen molar-refractivity contribution in [2.24, 2.45) is 0 Å². The fourth-order valence-corrected chi connectivity index (χ4v) is 3.36. The number of nitrogens with zero attached hydrogens (tertiary/aromatic N) is 2. The van der Waals surface area contributed by atoms with E-state index in [-0.39, 0.29) is 12.5 Å². The maximum atomic E-state index is 12.7. The molecular weight excluding hydrogens is 350 g/mol. The van der Waals surface area contributed by atoms with Gasteiger partial charge in [-0.25, -0.2) is 4.79 Å². The third kappa shape index (κ3) is 3.94. The normalized spacial score (nSPS) is 22.6. The van der Waals surface area contributed by atoms with Crippen LogP contribution in [0.4, 0.5) is 4.79 Å². The van der Waals surface area contributed by atoms with Gasteiger partial charge in [0.05, 0.1) is 0 Å². The Morgan fingerprint density at radius 3 is 2.44 bits per heavy atom. The van der Waals surface area contributed by atoms with Crippen molar-refractivity contribution >= 4 is 23.8 Å². The van der Waals surface area contributed by atoms with E-state index in [9.17, 15) is 19.2 Å². The van der Waals surface area contributed by atoms with Crippen LogP contribution in [0.3, 0.4) is 0 Å².